The van der Waals surface area contributed by atoms with Crippen LogP contribution in [0.4, 0.5) is 4.39 Å². The van der Waals surface area contributed by atoms with Gasteiger partial charge in [-0.3, -0.25) is 10.1 Å². The van der Waals surface area contributed by atoms with E-state index in [9.17, 15) is 4.39 Å². The maximum Gasteiger partial charge on any atom is 0.123 e. The molecule has 0 unspecified atom stereocenters. The van der Waals surface area contributed by atoms with E-state index in [0.29, 0.717) is 0 Å². The summed E-state index contributed by atoms with van der Waals surface area (Å²) in [6.07, 6.45) is 5.45. The Hall–Kier alpha value is -3.53. The number of aromatic amines is 1. The monoisotopic (exact) mass is 341 g/mol. The number of nitrogens with zero attached hydrogens (tertiary/aromatic N) is 2. The smallest absolute Gasteiger partial charge is 0.123 e. The minimum absolute atomic E-state index is 0.266. The fourth-order valence-corrected chi connectivity index (χ4v) is 2.99. The van der Waals surface area contributed by atoms with Gasteiger partial charge in [-0.15, -0.1) is 0 Å². The van der Waals surface area contributed by atoms with Crippen LogP contribution in [0.2, 0.25) is 0 Å². The van der Waals surface area contributed by atoms with Crippen molar-refractivity contribution in [2.45, 2.75) is 0 Å². The zero-order valence-electron chi connectivity index (χ0n) is 14.0. The molecule has 0 aliphatic heterocycles. The number of hydrogen-bond donors (Lipinski definition) is 1. The quantitative estimate of drug-likeness (QED) is 0.526. The zero-order chi connectivity index (χ0) is 17.9. The molecule has 0 saturated carbocycles. The van der Waals surface area contributed by atoms with Gasteiger partial charge < -0.3 is 0 Å². The standard InChI is InChI=1S/C22H16FN3/c1-2-15-5-3-4-6-19(15)21-13-17(11-12-24-21)20-14-25-26-22(20)16-7-9-18(23)10-8-16/h2-14H,1H2,(H,25,26). The summed E-state index contributed by atoms with van der Waals surface area (Å²) in [4.78, 5) is 4.51. The van der Waals surface area contributed by atoms with Gasteiger partial charge in [0.05, 0.1) is 11.4 Å². The first-order valence-corrected chi connectivity index (χ1v) is 8.24. The van der Waals surface area contributed by atoms with E-state index in [-0.39, 0.29) is 5.82 Å². The highest BCUT2D eigenvalue weighted by Crippen LogP contribution is 2.32. The van der Waals surface area contributed by atoms with Crippen LogP contribution in [0.5, 0.6) is 0 Å². The molecule has 2 heterocycles. The first-order chi connectivity index (χ1) is 12.8. The topological polar surface area (TPSA) is 41.6 Å². The number of nitrogens with one attached hydrogen (secondary N) is 1. The predicted molar refractivity (Wildman–Crippen MR) is 103 cm³/mol. The minimum atomic E-state index is -0.266. The van der Waals surface area contributed by atoms with Crippen LogP contribution in [0.25, 0.3) is 39.7 Å². The largest absolute Gasteiger partial charge is 0.284 e. The van der Waals surface area contributed by atoms with E-state index >= 15 is 0 Å². The van der Waals surface area contributed by atoms with Crippen molar-refractivity contribution < 1.29 is 4.39 Å². The van der Waals surface area contributed by atoms with Crippen molar-refractivity contribution >= 4 is 6.08 Å². The van der Waals surface area contributed by atoms with Gasteiger partial charge in [-0.1, -0.05) is 36.9 Å². The Morgan fingerprint density at radius 3 is 2.54 bits per heavy atom. The van der Waals surface area contributed by atoms with Gasteiger partial charge >= 0.3 is 0 Å². The van der Waals surface area contributed by atoms with Crippen molar-refractivity contribution in [3.8, 4) is 33.6 Å². The van der Waals surface area contributed by atoms with E-state index in [1.54, 1.807) is 18.3 Å². The predicted octanol–water partition coefficient (Wildman–Crippen LogP) is 5.59. The van der Waals surface area contributed by atoms with Crippen LogP contribution in [-0.4, -0.2) is 15.2 Å². The summed E-state index contributed by atoms with van der Waals surface area (Å²) in [6, 6.07) is 18.3. The number of halogens is 1. The molecule has 1 N–H and O–H groups in total. The third kappa shape index (κ3) is 2.93. The highest BCUT2D eigenvalue weighted by molar-refractivity contribution is 5.83. The number of pyridine rings is 1. The van der Waals surface area contributed by atoms with Crippen LogP contribution in [0.3, 0.4) is 0 Å². The molecular weight excluding hydrogens is 325 g/mol. The molecule has 0 aliphatic carbocycles. The summed E-state index contributed by atoms with van der Waals surface area (Å²) in [5.74, 6) is -0.266. The van der Waals surface area contributed by atoms with E-state index in [4.69, 9.17) is 0 Å². The number of aromatic nitrogens is 3. The second-order valence-electron chi connectivity index (χ2n) is 5.88. The number of hydrogen-bond acceptors (Lipinski definition) is 2. The molecule has 3 nitrogen and oxygen atoms in total. The molecule has 4 aromatic rings. The van der Waals surface area contributed by atoms with Crippen LogP contribution in [0, 0.1) is 5.82 Å². The molecule has 0 atom stereocenters. The first kappa shape index (κ1) is 16.0. The van der Waals surface area contributed by atoms with Gasteiger partial charge in [-0.05, 0) is 47.5 Å². The molecule has 0 radical (unpaired) electrons. The van der Waals surface area contributed by atoms with Gasteiger partial charge in [-0.25, -0.2) is 4.39 Å². The van der Waals surface area contributed by atoms with Crippen LogP contribution < -0.4 is 0 Å². The highest BCUT2D eigenvalue weighted by atomic mass is 19.1. The lowest BCUT2D eigenvalue weighted by atomic mass is 9.99. The average Bonchev–Trinajstić information content (AvgIpc) is 3.18. The third-order valence-electron chi connectivity index (χ3n) is 4.29. The van der Waals surface area contributed by atoms with Gasteiger partial charge in [0.1, 0.15) is 5.82 Å². The molecular formula is C22H16FN3. The third-order valence-corrected chi connectivity index (χ3v) is 4.29. The molecule has 0 aliphatic rings. The van der Waals surface area contributed by atoms with Gasteiger partial charge in [-0.2, -0.15) is 5.10 Å². The molecule has 0 saturated heterocycles. The lowest BCUT2D eigenvalue weighted by Gasteiger charge is -2.08. The van der Waals surface area contributed by atoms with Crippen molar-refractivity contribution in [2.24, 2.45) is 0 Å². The number of rotatable bonds is 4. The van der Waals surface area contributed by atoms with E-state index < -0.39 is 0 Å². The van der Waals surface area contributed by atoms with E-state index in [1.807, 2.05) is 48.7 Å². The zero-order valence-corrected chi connectivity index (χ0v) is 14.0. The Morgan fingerprint density at radius 2 is 1.73 bits per heavy atom. The molecule has 0 fully saturated rings. The normalized spacial score (nSPS) is 10.7. The lowest BCUT2D eigenvalue weighted by Crippen LogP contribution is -1.89. The van der Waals surface area contributed by atoms with Crippen molar-refractivity contribution in [3.63, 3.8) is 0 Å². The van der Waals surface area contributed by atoms with Gasteiger partial charge in [0.2, 0.25) is 0 Å². The minimum Gasteiger partial charge on any atom is -0.284 e. The van der Waals surface area contributed by atoms with Gasteiger partial charge in [0.25, 0.3) is 0 Å². The molecule has 2 aromatic heterocycles. The average molecular weight is 341 g/mol. The Bertz CT molecular complexity index is 1060. The van der Waals surface area contributed by atoms with Crippen LogP contribution in [0.1, 0.15) is 5.56 Å². The Balaban J connectivity index is 1.80. The van der Waals surface area contributed by atoms with E-state index in [0.717, 1.165) is 39.2 Å². The van der Waals surface area contributed by atoms with Gasteiger partial charge in [0.15, 0.2) is 0 Å². The second-order valence-corrected chi connectivity index (χ2v) is 5.88. The SMILES string of the molecule is C=Cc1ccccc1-c1cc(-c2c[nH]nc2-c2ccc(F)cc2)ccn1. The number of H-pyrrole nitrogens is 1. The van der Waals surface area contributed by atoms with Gasteiger partial charge in [0, 0.05) is 29.1 Å². The molecule has 4 rings (SSSR count). The Labute approximate surface area is 150 Å². The molecule has 0 bridgehead atoms. The molecule has 4 heteroatoms. The summed E-state index contributed by atoms with van der Waals surface area (Å²) < 4.78 is 13.2. The summed E-state index contributed by atoms with van der Waals surface area (Å²) in [6.45, 7) is 3.88. The molecule has 0 amide bonds. The van der Waals surface area contributed by atoms with Crippen molar-refractivity contribution in [3.05, 3.63) is 91.0 Å². The van der Waals surface area contributed by atoms with Crippen molar-refractivity contribution in [1.82, 2.24) is 15.2 Å². The Kier molecular flexibility index (Phi) is 4.15. The molecule has 26 heavy (non-hydrogen) atoms. The summed E-state index contributed by atoms with van der Waals surface area (Å²) in [5, 5.41) is 7.26. The Morgan fingerprint density at radius 1 is 0.923 bits per heavy atom. The van der Waals surface area contributed by atoms with Crippen LogP contribution in [-0.2, 0) is 0 Å². The summed E-state index contributed by atoms with van der Waals surface area (Å²) in [5.41, 5.74) is 6.48. The number of benzene rings is 2. The molecule has 126 valence electrons. The molecule has 2 aromatic carbocycles. The van der Waals surface area contributed by atoms with Crippen molar-refractivity contribution in [1.29, 1.82) is 0 Å². The first-order valence-electron chi connectivity index (χ1n) is 8.24. The fourth-order valence-electron chi connectivity index (χ4n) is 2.99. The maximum atomic E-state index is 13.2. The van der Waals surface area contributed by atoms with Crippen LogP contribution in [0.15, 0.2) is 79.6 Å². The lowest BCUT2D eigenvalue weighted by molar-refractivity contribution is 0.628. The fraction of sp³-hybridized carbons (Fsp3) is 0. The highest BCUT2D eigenvalue weighted by Gasteiger charge is 2.12. The van der Waals surface area contributed by atoms with Crippen LogP contribution >= 0.6 is 0 Å². The van der Waals surface area contributed by atoms with E-state index in [2.05, 4.69) is 21.8 Å². The second kappa shape index (κ2) is 6.76. The van der Waals surface area contributed by atoms with E-state index in [1.165, 1.54) is 12.1 Å². The summed E-state index contributed by atoms with van der Waals surface area (Å²) >= 11 is 0. The summed E-state index contributed by atoms with van der Waals surface area (Å²) in [7, 11) is 0. The van der Waals surface area contributed by atoms with Crippen molar-refractivity contribution in [2.75, 3.05) is 0 Å². The maximum absolute atomic E-state index is 13.2. The molecule has 0 spiro atoms.